The zero-order valence-corrected chi connectivity index (χ0v) is 15.8. The van der Waals surface area contributed by atoms with Crippen molar-refractivity contribution in [1.82, 2.24) is 0 Å². The second kappa shape index (κ2) is 10.2. The van der Waals surface area contributed by atoms with Crippen LogP contribution >= 0.6 is 0 Å². The molecule has 0 spiro atoms. The van der Waals surface area contributed by atoms with E-state index in [0.717, 1.165) is 19.3 Å². The number of unbranched alkanes of at least 4 members (excludes halogenated alkanes) is 3. The van der Waals surface area contributed by atoms with Gasteiger partial charge in [0.15, 0.2) is 0 Å². The van der Waals surface area contributed by atoms with Gasteiger partial charge in [-0.05, 0) is 19.3 Å². The van der Waals surface area contributed by atoms with Crippen molar-refractivity contribution in [2.24, 2.45) is 5.92 Å². The minimum Gasteiger partial charge on any atom is -0.393 e. The number of carbonyl (C=O) groups excluding carboxylic acids is 2. The monoisotopic (exact) mass is 346 g/mol. The molecule has 0 N–H and O–H groups in total. The highest BCUT2D eigenvalue weighted by atomic mass is 28.4. The Morgan fingerprint density at radius 1 is 1.09 bits per heavy atom. The lowest BCUT2D eigenvalue weighted by atomic mass is 9.98. The van der Waals surface area contributed by atoms with Gasteiger partial charge in [0, 0.05) is 26.9 Å². The third-order valence-corrected chi connectivity index (χ3v) is 7.87. The van der Waals surface area contributed by atoms with Gasteiger partial charge >= 0.3 is 20.7 Å². The molecule has 2 unspecified atom stereocenters. The van der Waals surface area contributed by atoms with Crippen molar-refractivity contribution in [2.45, 2.75) is 63.8 Å². The number of rotatable bonds is 12. The van der Waals surface area contributed by atoms with Crippen LogP contribution in [0.25, 0.3) is 0 Å². The lowest BCUT2D eigenvalue weighted by Crippen LogP contribution is -2.47. The normalized spacial score (nSPS) is 19.9. The molecule has 1 aliphatic rings. The van der Waals surface area contributed by atoms with Crippen molar-refractivity contribution in [2.75, 3.05) is 21.3 Å². The summed E-state index contributed by atoms with van der Waals surface area (Å²) in [6.07, 6.45) is 7.10. The minimum atomic E-state index is -2.76. The van der Waals surface area contributed by atoms with E-state index in [1.807, 2.05) is 0 Å². The highest BCUT2D eigenvalue weighted by molar-refractivity contribution is 6.62. The summed E-state index contributed by atoms with van der Waals surface area (Å²) in [5, 5.41) is 0. The molecule has 1 fully saturated rings. The average Bonchev–Trinajstić information content (AvgIpc) is 2.87. The Hall–Kier alpha value is -0.763. The molecular weight excluding hydrogens is 316 g/mol. The van der Waals surface area contributed by atoms with Crippen LogP contribution in [0.4, 0.5) is 0 Å². The van der Waals surface area contributed by atoms with Crippen molar-refractivity contribution in [1.29, 1.82) is 0 Å². The Bertz CT molecular complexity index is 375. The highest BCUT2D eigenvalue weighted by Gasteiger charge is 2.47. The van der Waals surface area contributed by atoms with Crippen LogP contribution in [-0.4, -0.2) is 42.1 Å². The Morgan fingerprint density at radius 3 is 2.22 bits per heavy atom. The summed E-state index contributed by atoms with van der Waals surface area (Å²) < 4.78 is 21.5. The summed E-state index contributed by atoms with van der Waals surface area (Å²) in [6, 6.07) is 0. The summed E-state index contributed by atoms with van der Waals surface area (Å²) in [5.74, 6) is -1.16. The molecule has 23 heavy (non-hydrogen) atoms. The van der Waals surface area contributed by atoms with Crippen molar-refractivity contribution >= 4 is 20.7 Å². The second-order valence-corrected chi connectivity index (χ2v) is 9.28. The molecule has 0 aromatic rings. The summed E-state index contributed by atoms with van der Waals surface area (Å²) in [4.78, 5) is 22.8. The van der Waals surface area contributed by atoms with Gasteiger partial charge in [-0.15, -0.1) is 0 Å². The molecule has 0 aliphatic carbocycles. The second-order valence-electron chi connectivity index (χ2n) is 6.03. The molecule has 2 atom stereocenters. The first-order chi connectivity index (χ1) is 11.0. The van der Waals surface area contributed by atoms with Gasteiger partial charge in [0.25, 0.3) is 0 Å². The Kier molecular flexibility index (Phi) is 8.97. The van der Waals surface area contributed by atoms with E-state index >= 15 is 0 Å². The third-order valence-electron chi connectivity index (χ3n) is 4.58. The first kappa shape index (κ1) is 20.3. The van der Waals surface area contributed by atoms with E-state index in [9.17, 15) is 9.59 Å². The summed E-state index contributed by atoms with van der Waals surface area (Å²) in [5.41, 5.74) is 0.128. The Labute approximate surface area is 140 Å². The molecule has 0 radical (unpaired) electrons. The van der Waals surface area contributed by atoms with Crippen LogP contribution in [0, 0.1) is 5.92 Å². The van der Waals surface area contributed by atoms with Crippen LogP contribution < -0.4 is 0 Å². The standard InChI is InChI=1S/C16H30O6Si/c1-5-6-7-8-9-14(23(19-2,20-3)21-4)11-10-13-12-15(17)22-16(13)18/h13-14H,5-12H2,1-4H3. The molecule has 0 aromatic heterocycles. The van der Waals surface area contributed by atoms with Crippen LogP contribution in [-0.2, 0) is 27.6 Å². The quantitative estimate of drug-likeness (QED) is 0.234. The van der Waals surface area contributed by atoms with E-state index in [0.29, 0.717) is 6.42 Å². The third kappa shape index (κ3) is 5.67. The van der Waals surface area contributed by atoms with E-state index in [4.69, 9.17) is 13.3 Å². The SMILES string of the molecule is CCCCCCC(CCC1CC(=O)OC1=O)[Si](OC)(OC)OC. The lowest BCUT2D eigenvalue weighted by molar-refractivity contribution is -0.153. The van der Waals surface area contributed by atoms with E-state index in [-0.39, 0.29) is 17.9 Å². The van der Waals surface area contributed by atoms with Gasteiger partial charge in [0.05, 0.1) is 12.3 Å². The van der Waals surface area contributed by atoms with Gasteiger partial charge in [-0.25, -0.2) is 0 Å². The maximum Gasteiger partial charge on any atom is 0.503 e. The smallest absolute Gasteiger partial charge is 0.393 e. The molecule has 1 rings (SSSR count). The van der Waals surface area contributed by atoms with Crippen molar-refractivity contribution in [3.63, 3.8) is 0 Å². The molecule has 6 nitrogen and oxygen atoms in total. The van der Waals surface area contributed by atoms with E-state index in [1.54, 1.807) is 21.3 Å². The van der Waals surface area contributed by atoms with Crippen LogP contribution in [0.15, 0.2) is 0 Å². The fourth-order valence-electron chi connectivity index (χ4n) is 3.21. The topological polar surface area (TPSA) is 71.1 Å². The number of esters is 2. The zero-order chi connectivity index (χ0) is 17.3. The molecule has 1 saturated heterocycles. The molecule has 1 heterocycles. The first-order valence-corrected chi connectivity index (χ1v) is 10.2. The minimum absolute atomic E-state index is 0.128. The van der Waals surface area contributed by atoms with Crippen LogP contribution in [0.3, 0.4) is 0 Å². The molecule has 7 heteroatoms. The van der Waals surface area contributed by atoms with E-state index in [1.165, 1.54) is 19.3 Å². The highest BCUT2D eigenvalue weighted by Crippen LogP contribution is 2.36. The van der Waals surface area contributed by atoms with Gasteiger partial charge in [-0.1, -0.05) is 32.6 Å². The number of cyclic esters (lactones) is 2. The largest absolute Gasteiger partial charge is 0.503 e. The van der Waals surface area contributed by atoms with Gasteiger partial charge in [-0.3, -0.25) is 9.59 Å². The molecule has 0 bridgehead atoms. The predicted octanol–water partition coefficient (Wildman–Crippen LogP) is 3.08. The van der Waals surface area contributed by atoms with E-state index < -0.39 is 20.7 Å². The fourth-order valence-corrected chi connectivity index (χ4v) is 5.79. The van der Waals surface area contributed by atoms with Crippen LogP contribution in [0.1, 0.15) is 58.3 Å². The average molecular weight is 346 g/mol. The predicted molar refractivity (Wildman–Crippen MR) is 87.7 cm³/mol. The maximum absolute atomic E-state index is 11.6. The van der Waals surface area contributed by atoms with Gasteiger partial charge in [-0.2, -0.15) is 0 Å². The van der Waals surface area contributed by atoms with Crippen molar-refractivity contribution < 1.29 is 27.6 Å². The van der Waals surface area contributed by atoms with Crippen molar-refractivity contribution in [3.8, 4) is 0 Å². The summed E-state index contributed by atoms with van der Waals surface area (Å²) in [7, 11) is 2.10. The molecule has 0 saturated carbocycles. The maximum atomic E-state index is 11.6. The number of hydrogen-bond acceptors (Lipinski definition) is 6. The molecular formula is C16H30O6Si. The fraction of sp³-hybridized carbons (Fsp3) is 0.875. The molecule has 134 valence electrons. The van der Waals surface area contributed by atoms with Gasteiger partial charge in [0.2, 0.25) is 0 Å². The first-order valence-electron chi connectivity index (χ1n) is 8.42. The number of ether oxygens (including phenoxy) is 1. The van der Waals surface area contributed by atoms with Gasteiger partial charge < -0.3 is 18.0 Å². The summed E-state index contributed by atoms with van der Waals surface area (Å²) >= 11 is 0. The molecule has 0 amide bonds. The van der Waals surface area contributed by atoms with E-state index in [2.05, 4.69) is 11.7 Å². The number of hydrogen-bond donors (Lipinski definition) is 0. The van der Waals surface area contributed by atoms with Crippen molar-refractivity contribution in [3.05, 3.63) is 0 Å². The zero-order valence-electron chi connectivity index (χ0n) is 14.8. The summed E-state index contributed by atoms with van der Waals surface area (Å²) in [6.45, 7) is 2.18. The molecule has 1 aliphatic heterocycles. The molecule has 0 aromatic carbocycles. The number of carbonyl (C=O) groups is 2. The Balaban J connectivity index is 2.66. The Morgan fingerprint density at radius 2 is 1.74 bits per heavy atom. The van der Waals surface area contributed by atoms with Crippen LogP contribution in [0.2, 0.25) is 5.54 Å². The lowest BCUT2D eigenvalue weighted by Gasteiger charge is -2.33. The van der Waals surface area contributed by atoms with Crippen LogP contribution in [0.5, 0.6) is 0 Å². The van der Waals surface area contributed by atoms with Gasteiger partial charge in [0.1, 0.15) is 0 Å².